The lowest BCUT2D eigenvalue weighted by Crippen LogP contribution is -2.47. The van der Waals surface area contributed by atoms with Crippen molar-refractivity contribution in [3.8, 4) is 5.75 Å². The average Bonchev–Trinajstić information content (AvgIpc) is 3.42. The predicted molar refractivity (Wildman–Crippen MR) is 143 cm³/mol. The molecule has 0 aliphatic carbocycles. The molecule has 2 fully saturated rings. The number of nitrogens with zero attached hydrogens (tertiary/aromatic N) is 5. The van der Waals surface area contributed by atoms with Gasteiger partial charge in [-0.1, -0.05) is 12.1 Å². The third-order valence-electron chi connectivity index (χ3n) is 7.02. The number of piperazine rings is 1. The average molecular weight is 560 g/mol. The van der Waals surface area contributed by atoms with Gasteiger partial charge in [0, 0.05) is 44.7 Å². The topological polar surface area (TPSA) is 70.9 Å². The van der Waals surface area contributed by atoms with Crippen LogP contribution >= 0.6 is 11.8 Å². The molecule has 0 radical (unpaired) electrons. The van der Waals surface area contributed by atoms with Crippen molar-refractivity contribution in [3.05, 3.63) is 64.2 Å². The van der Waals surface area contributed by atoms with E-state index < -0.39 is 11.7 Å². The minimum Gasteiger partial charge on any atom is -0.497 e. The van der Waals surface area contributed by atoms with Gasteiger partial charge in [0.15, 0.2) is 0 Å². The summed E-state index contributed by atoms with van der Waals surface area (Å²) >= 11 is 0.917. The van der Waals surface area contributed by atoms with Gasteiger partial charge in [0.1, 0.15) is 5.75 Å². The zero-order valence-corrected chi connectivity index (χ0v) is 22.4. The first-order valence-corrected chi connectivity index (χ1v) is 13.3. The van der Waals surface area contributed by atoms with Crippen LogP contribution in [0.3, 0.4) is 0 Å². The van der Waals surface area contributed by atoms with E-state index in [2.05, 4.69) is 21.9 Å². The molecular weight excluding hydrogens is 531 g/mol. The Morgan fingerprint density at radius 1 is 1.05 bits per heavy atom. The van der Waals surface area contributed by atoms with E-state index in [1.807, 2.05) is 0 Å². The number of benzene rings is 2. The lowest BCUT2D eigenvalue weighted by Gasteiger charge is -2.32. The highest BCUT2D eigenvalue weighted by Gasteiger charge is 2.35. The number of halogens is 3. The second kappa shape index (κ2) is 11.0. The van der Waals surface area contributed by atoms with Crippen molar-refractivity contribution in [1.29, 1.82) is 0 Å². The second-order valence-electron chi connectivity index (χ2n) is 9.62. The number of thioether (sulfide) groups is 1. The molecule has 39 heavy (non-hydrogen) atoms. The number of aromatic nitrogens is 2. The number of hydrogen-bond acceptors (Lipinski definition) is 7. The molecule has 0 N–H and O–H groups in total. The van der Waals surface area contributed by atoms with Crippen molar-refractivity contribution in [3.63, 3.8) is 0 Å². The van der Waals surface area contributed by atoms with Gasteiger partial charge in [0.25, 0.3) is 11.1 Å². The fourth-order valence-electron chi connectivity index (χ4n) is 4.72. The highest BCUT2D eigenvalue weighted by Crippen LogP contribution is 2.36. The number of fused-ring (bicyclic) bond motifs is 1. The first-order chi connectivity index (χ1) is 18.6. The minimum absolute atomic E-state index is 0.0719. The summed E-state index contributed by atoms with van der Waals surface area (Å²) in [5.41, 5.74) is 0.650. The number of hydrogen-bond donors (Lipinski definition) is 0. The Hall–Kier alpha value is -3.35. The lowest BCUT2D eigenvalue weighted by molar-refractivity contribution is -0.138. The minimum atomic E-state index is -4.53. The van der Waals surface area contributed by atoms with Gasteiger partial charge in [0.05, 0.1) is 35.8 Å². The molecule has 0 bridgehead atoms. The van der Waals surface area contributed by atoms with Crippen molar-refractivity contribution in [2.24, 2.45) is 0 Å². The van der Waals surface area contributed by atoms with Gasteiger partial charge in [-0.05, 0) is 60.3 Å². The van der Waals surface area contributed by atoms with Gasteiger partial charge in [-0.3, -0.25) is 24.1 Å². The predicted octanol–water partition coefficient (Wildman–Crippen LogP) is 4.40. The van der Waals surface area contributed by atoms with Crippen LogP contribution in [-0.4, -0.2) is 89.1 Å². The van der Waals surface area contributed by atoms with E-state index in [-0.39, 0.29) is 29.0 Å². The van der Waals surface area contributed by atoms with Crippen LogP contribution < -0.4 is 4.74 Å². The molecule has 3 heterocycles. The molecule has 2 aromatic carbocycles. The summed E-state index contributed by atoms with van der Waals surface area (Å²) in [6.45, 7) is 4.67. The number of imide groups is 1. The number of alkyl halides is 3. The zero-order valence-electron chi connectivity index (χ0n) is 21.6. The zero-order chi connectivity index (χ0) is 27.7. The molecule has 2 aliphatic rings. The summed E-state index contributed by atoms with van der Waals surface area (Å²) in [7, 11) is 3.40. The van der Waals surface area contributed by atoms with E-state index in [0.717, 1.165) is 44.0 Å². The van der Waals surface area contributed by atoms with Crippen LogP contribution in [0.15, 0.2) is 47.5 Å². The molecule has 0 atom stereocenters. The fraction of sp³-hybridized carbons (Fsp3) is 0.370. The molecule has 0 unspecified atom stereocenters. The molecule has 2 amide bonds. The normalized spacial score (nSPS) is 18.6. The molecule has 206 valence electrons. The van der Waals surface area contributed by atoms with E-state index in [4.69, 9.17) is 4.74 Å². The Balaban J connectivity index is 1.30. The van der Waals surface area contributed by atoms with Crippen molar-refractivity contribution >= 4 is 39.9 Å². The van der Waals surface area contributed by atoms with Crippen molar-refractivity contribution in [2.75, 3.05) is 53.4 Å². The van der Waals surface area contributed by atoms with Gasteiger partial charge in [-0.25, -0.2) is 0 Å². The first-order valence-electron chi connectivity index (χ1n) is 12.5. The van der Waals surface area contributed by atoms with Crippen LogP contribution in [0.5, 0.6) is 5.75 Å². The number of amides is 2. The summed E-state index contributed by atoms with van der Waals surface area (Å²) in [6.07, 6.45) is -1.29. The maximum Gasteiger partial charge on any atom is 0.416 e. The Morgan fingerprint density at radius 3 is 2.54 bits per heavy atom. The number of carbonyl (C=O) groups excluding carboxylic acids is 2. The van der Waals surface area contributed by atoms with Crippen LogP contribution in [0.25, 0.3) is 17.0 Å². The summed E-state index contributed by atoms with van der Waals surface area (Å²) < 4.78 is 47.4. The quantitative estimate of drug-likeness (QED) is 0.398. The van der Waals surface area contributed by atoms with Gasteiger partial charge in [-0.15, -0.1) is 0 Å². The van der Waals surface area contributed by atoms with Crippen molar-refractivity contribution in [2.45, 2.75) is 12.7 Å². The van der Waals surface area contributed by atoms with Gasteiger partial charge in [-0.2, -0.15) is 18.3 Å². The summed E-state index contributed by atoms with van der Waals surface area (Å²) in [6, 6.07) is 9.18. The van der Waals surface area contributed by atoms with Crippen LogP contribution in [0, 0.1) is 0 Å². The van der Waals surface area contributed by atoms with E-state index in [1.165, 1.54) is 28.8 Å². The highest BCUT2D eigenvalue weighted by molar-refractivity contribution is 8.18. The monoisotopic (exact) mass is 559 g/mol. The molecule has 2 aliphatic heterocycles. The maximum atomic E-state index is 13.6. The second-order valence-corrected chi connectivity index (χ2v) is 10.6. The van der Waals surface area contributed by atoms with Crippen molar-refractivity contribution < 1.29 is 27.5 Å². The Labute approximate surface area is 228 Å². The first kappa shape index (κ1) is 27.2. The van der Waals surface area contributed by atoms with Gasteiger partial charge < -0.3 is 9.64 Å². The molecule has 2 saturated heterocycles. The maximum absolute atomic E-state index is 13.6. The number of ether oxygens (including phenoxy) is 1. The van der Waals surface area contributed by atoms with Crippen LogP contribution in [0.1, 0.15) is 16.7 Å². The smallest absolute Gasteiger partial charge is 0.416 e. The number of rotatable bonds is 7. The molecule has 0 spiro atoms. The number of carbonyl (C=O) groups is 2. The molecule has 1 aromatic heterocycles. The van der Waals surface area contributed by atoms with Crippen molar-refractivity contribution in [1.82, 2.24) is 24.5 Å². The van der Waals surface area contributed by atoms with E-state index in [9.17, 15) is 22.8 Å². The van der Waals surface area contributed by atoms with E-state index in [1.54, 1.807) is 30.5 Å². The molecular formula is C27H28F3N5O3S. The Kier molecular flexibility index (Phi) is 7.70. The molecule has 0 saturated carbocycles. The van der Waals surface area contributed by atoms with Crippen LogP contribution in [0.4, 0.5) is 18.0 Å². The van der Waals surface area contributed by atoms with Crippen LogP contribution in [0.2, 0.25) is 0 Å². The van der Waals surface area contributed by atoms with Gasteiger partial charge >= 0.3 is 6.18 Å². The SMILES string of the molecule is COc1ccc(Cn2ncc3cc(/C=C4\SC(=O)N(CCN5CCN(C)CC5)C4=O)ccc32)c(C(F)(F)F)c1. The Morgan fingerprint density at radius 2 is 1.82 bits per heavy atom. The lowest BCUT2D eigenvalue weighted by atomic mass is 10.1. The largest absolute Gasteiger partial charge is 0.497 e. The summed E-state index contributed by atoms with van der Waals surface area (Å²) in [4.78, 5) is 31.6. The summed E-state index contributed by atoms with van der Waals surface area (Å²) in [5.74, 6) is -0.182. The molecule has 12 heteroatoms. The summed E-state index contributed by atoms with van der Waals surface area (Å²) in [5, 5.41) is 4.72. The van der Waals surface area contributed by atoms with E-state index >= 15 is 0 Å². The van der Waals surface area contributed by atoms with Crippen LogP contribution in [-0.2, 0) is 17.5 Å². The molecule has 8 nitrogen and oxygen atoms in total. The third kappa shape index (κ3) is 5.97. The fourth-order valence-corrected chi connectivity index (χ4v) is 5.59. The van der Waals surface area contributed by atoms with Gasteiger partial charge in [0.2, 0.25) is 0 Å². The number of methoxy groups -OCH3 is 1. The number of likely N-dealkylation sites (N-methyl/N-ethyl adjacent to an activating group) is 1. The highest BCUT2D eigenvalue weighted by atomic mass is 32.2. The standard InChI is InChI=1S/C27H28F3N5O3S/c1-32-7-9-33(10-8-32)11-12-34-25(36)24(39-26(34)37)14-18-3-6-23-20(13-18)16-31-35(23)17-19-4-5-21(38-2)15-22(19)27(28,29)30/h3-6,13-16H,7-12,17H2,1-2H3/b24-14-. The third-order valence-corrected chi connectivity index (χ3v) is 7.92. The van der Waals surface area contributed by atoms with E-state index in [0.29, 0.717) is 34.5 Å². The molecule has 3 aromatic rings. The Bertz CT molecular complexity index is 1430. The molecule has 5 rings (SSSR count).